The topological polar surface area (TPSA) is 90.9 Å². The molecule has 0 aliphatic carbocycles. The predicted molar refractivity (Wildman–Crippen MR) is 80.3 cm³/mol. The molecule has 0 aromatic rings. The number of methoxy groups -OCH3 is 1. The number of rotatable bonds is 5. The lowest BCUT2D eigenvalue weighted by Gasteiger charge is -2.26. The molecule has 0 rings (SSSR count). The van der Waals surface area contributed by atoms with Crippen LogP contribution in [0.4, 0.5) is 4.79 Å². The maximum Gasteiger partial charge on any atom is 0.408 e. The summed E-state index contributed by atoms with van der Waals surface area (Å²) >= 11 is 0. The van der Waals surface area contributed by atoms with E-state index in [1.54, 1.807) is 41.5 Å². The Morgan fingerprint density at radius 3 is 1.86 bits per heavy atom. The molecule has 0 bridgehead atoms. The van der Waals surface area contributed by atoms with Gasteiger partial charge in [0.15, 0.2) is 0 Å². The molecule has 0 aromatic carbocycles. The molecule has 1 amide bonds. The second-order valence-corrected chi connectivity index (χ2v) is 6.85. The van der Waals surface area contributed by atoms with Crippen molar-refractivity contribution in [3.05, 3.63) is 0 Å². The summed E-state index contributed by atoms with van der Waals surface area (Å²) in [5.74, 6) is -1.10. The summed E-state index contributed by atoms with van der Waals surface area (Å²) in [4.78, 5) is 35.1. The minimum absolute atomic E-state index is 0.0177. The first-order chi connectivity index (χ1) is 9.84. The van der Waals surface area contributed by atoms with E-state index < -0.39 is 35.3 Å². The Hall–Kier alpha value is -1.79. The maximum absolute atomic E-state index is 12.1. The summed E-state index contributed by atoms with van der Waals surface area (Å²) in [5.41, 5.74) is -1.39. The van der Waals surface area contributed by atoms with Crippen molar-refractivity contribution in [3.8, 4) is 0 Å². The minimum Gasteiger partial charge on any atom is -0.469 e. The van der Waals surface area contributed by atoms with Crippen LogP contribution in [0.25, 0.3) is 0 Å². The Morgan fingerprint density at radius 2 is 1.45 bits per heavy atom. The first kappa shape index (κ1) is 20.2. The Morgan fingerprint density at radius 1 is 0.955 bits per heavy atom. The van der Waals surface area contributed by atoms with E-state index in [1.807, 2.05) is 0 Å². The van der Waals surface area contributed by atoms with Gasteiger partial charge in [-0.25, -0.2) is 9.59 Å². The van der Waals surface area contributed by atoms with Gasteiger partial charge in [0.2, 0.25) is 0 Å². The van der Waals surface area contributed by atoms with Crippen LogP contribution in [0.3, 0.4) is 0 Å². The number of carbonyl (C=O) groups is 3. The summed E-state index contributed by atoms with van der Waals surface area (Å²) in [6, 6.07) is -0.979. The SMILES string of the molecule is COC(=O)CC[C@H](NC(=O)OC(C)(C)C)C(=O)OC(C)(C)C. The van der Waals surface area contributed by atoms with Crippen molar-refractivity contribution in [3.63, 3.8) is 0 Å². The van der Waals surface area contributed by atoms with E-state index in [0.717, 1.165) is 0 Å². The van der Waals surface area contributed by atoms with Gasteiger partial charge in [-0.15, -0.1) is 0 Å². The zero-order valence-corrected chi connectivity index (χ0v) is 14.4. The van der Waals surface area contributed by atoms with Gasteiger partial charge in [0.25, 0.3) is 0 Å². The molecule has 0 radical (unpaired) electrons. The van der Waals surface area contributed by atoms with Crippen molar-refractivity contribution >= 4 is 18.0 Å². The van der Waals surface area contributed by atoms with Crippen molar-refractivity contribution in [2.75, 3.05) is 7.11 Å². The van der Waals surface area contributed by atoms with Crippen molar-refractivity contribution in [1.82, 2.24) is 5.32 Å². The van der Waals surface area contributed by atoms with E-state index in [4.69, 9.17) is 9.47 Å². The Balaban J connectivity index is 4.81. The van der Waals surface area contributed by atoms with Crippen molar-refractivity contribution < 1.29 is 28.6 Å². The molecule has 0 saturated heterocycles. The van der Waals surface area contributed by atoms with Crippen LogP contribution in [0.15, 0.2) is 0 Å². The summed E-state index contributed by atoms with van der Waals surface area (Å²) in [6.45, 7) is 10.3. The van der Waals surface area contributed by atoms with Gasteiger partial charge < -0.3 is 19.5 Å². The van der Waals surface area contributed by atoms with E-state index in [9.17, 15) is 14.4 Å². The highest BCUT2D eigenvalue weighted by Gasteiger charge is 2.29. The van der Waals surface area contributed by atoms with Gasteiger partial charge in [-0.05, 0) is 48.0 Å². The fraction of sp³-hybridized carbons (Fsp3) is 0.800. The van der Waals surface area contributed by atoms with Crippen LogP contribution in [0.5, 0.6) is 0 Å². The first-order valence-corrected chi connectivity index (χ1v) is 7.13. The third kappa shape index (κ3) is 10.0. The lowest BCUT2D eigenvalue weighted by atomic mass is 10.1. The van der Waals surface area contributed by atoms with Gasteiger partial charge in [-0.3, -0.25) is 4.79 Å². The summed E-state index contributed by atoms with van der Waals surface area (Å²) in [5, 5.41) is 2.43. The molecule has 0 aromatic heterocycles. The molecule has 1 N–H and O–H groups in total. The molecule has 22 heavy (non-hydrogen) atoms. The predicted octanol–water partition coefficient (Wildman–Crippen LogP) is 2.17. The standard InChI is InChI=1S/C15H27NO6/c1-14(2,3)21-12(18)10(8-9-11(17)20-7)16-13(19)22-15(4,5)6/h10H,8-9H2,1-7H3,(H,16,19)/t10-/m0/s1. The minimum atomic E-state index is -0.979. The maximum atomic E-state index is 12.1. The van der Waals surface area contributed by atoms with E-state index in [2.05, 4.69) is 10.1 Å². The number of ether oxygens (including phenoxy) is 3. The quantitative estimate of drug-likeness (QED) is 0.617. The smallest absolute Gasteiger partial charge is 0.408 e. The number of hydrogen-bond acceptors (Lipinski definition) is 6. The number of alkyl carbamates (subject to hydrolysis) is 1. The van der Waals surface area contributed by atoms with Crippen molar-refractivity contribution in [2.45, 2.75) is 71.6 Å². The molecule has 0 spiro atoms. The van der Waals surface area contributed by atoms with Gasteiger partial charge in [0, 0.05) is 6.42 Å². The summed E-state index contributed by atoms with van der Waals surface area (Å²) < 4.78 is 14.9. The van der Waals surface area contributed by atoms with E-state index in [1.165, 1.54) is 7.11 Å². The lowest BCUT2D eigenvalue weighted by molar-refractivity contribution is -0.157. The molecule has 0 unspecified atom stereocenters. The number of nitrogens with one attached hydrogen (secondary N) is 1. The monoisotopic (exact) mass is 317 g/mol. The Labute approximate surface area is 131 Å². The Bertz CT molecular complexity index is 405. The second kappa shape index (κ2) is 8.00. The van der Waals surface area contributed by atoms with Crippen LogP contribution in [0.1, 0.15) is 54.4 Å². The fourth-order valence-electron chi connectivity index (χ4n) is 1.44. The second-order valence-electron chi connectivity index (χ2n) is 6.85. The van der Waals surface area contributed by atoms with Crippen molar-refractivity contribution in [1.29, 1.82) is 0 Å². The average molecular weight is 317 g/mol. The van der Waals surface area contributed by atoms with Crippen LogP contribution in [-0.4, -0.2) is 42.4 Å². The third-order valence-corrected chi connectivity index (χ3v) is 2.25. The molecule has 0 saturated carbocycles. The first-order valence-electron chi connectivity index (χ1n) is 7.13. The lowest BCUT2D eigenvalue weighted by Crippen LogP contribution is -2.46. The zero-order chi connectivity index (χ0) is 17.6. The molecule has 0 fully saturated rings. The molecule has 7 heteroatoms. The number of hydrogen-bond donors (Lipinski definition) is 1. The highest BCUT2D eigenvalue weighted by atomic mass is 16.6. The fourth-order valence-corrected chi connectivity index (χ4v) is 1.44. The molecule has 0 aliphatic rings. The van der Waals surface area contributed by atoms with Gasteiger partial charge >= 0.3 is 18.0 Å². The average Bonchev–Trinajstić information content (AvgIpc) is 2.29. The van der Waals surface area contributed by atoms with Crippen LogP contribution in [0.2, 0.25) is 0 Å². The van der Waals surface area contributed by atoms with Gasteiger partial charge in [0.05, 0.1) is 7.11 Å². The normalized spacial score (nSPS) is 13.0. The van der Waals surface area contributed by atoms with Gasteiger partial charge in [-0.1, -0.05) is 0 Å². The highest BCUT2D eigenvalue weighted by molar-refractivity contribution is 5.82. The zero-order valence-electron chi connectivity index (χ0n) is 14.4. The largest absolute Gasteiger partial charge is 0.469 e. The molecule has 128 valence electrons. The van der Waals surface area contributed by atoms with Crippen LogP contribution in [0, 0.1) is 0 Å². The summed E-state index contributed by atoms with van der Waals surface area (Å²) in [7, 11) is 1.26. The van der Waals surface area contributed by atoms with Gasteiger partial charge in [-0.2, -0.15) is 0 Å². The highest BCUT2D eigenvalue weighted by Crippen LogP contribution is 2.12. The molecule has 1 atom stereocenters. The number of esters is 2. The van der Waals surface area contributed by atoms with Crippen molar-refractivity contribution in [2.24, 2.45) is 0 Å². The molecule has 0 heterocycles. The van der Waals surface area contributed by atoms with Crippen LogP contribution in [-0.2, 0) is 23.8 Å². The molecule has 7 nitrogen and oxygen atoms in total. The van der Waals surface area contributed by atoms with Crippen LogP contribution < -0.4 is 5.32 Å². The van der Waals surface area contributed by atoms with Gasteiger partial charge in [0.1, 0.15) is 17.2 Å². The molecule has 0 aliphatic heterocycles. The van der Waals surface area contributed by atoms with E-state index in [-0.39, 0.29) is 12.8 Å². The van der Waals surface area contributed by atoms with Crippen LogP contribution >= 0.6 is 0 Å². The third-order valence-electron chi connectivity index (χ3n) is 2.25. The summed E-state index contributed by atoms with van der Waals surface area (Å²) in [6.07, 6.45) is -0.690. The number of amides is 1. The molecular formula is C15H27NO6. The van der Waals surface area contributed by atoms with E-state index in [0.29, 0.717) is 0 Å². The van der Waals surface area contributed by atoms with E-state index >= 15 is 0 Å². The Kier molecular flexibility index (Phi) is 7.35. The number of carbonyl (C=O) groups excluding carboxylic acids is 3. The molecular weight excluding hydrogens is 290 g/mol.